The highest BCUT2D eigenvalue weighted by Gasteiger charge is 2.06. The zero-order valence-corrected chi connectivity index (χ0v) is 10.4. The summed E-state index contributed by atoms with van der Waals surface area (Å²) < 4.78 is 0. The van der Waals surface area contributed by atoms with Crippen molar-refractivity contribution in [3.63, 3.8) is 0 Å². The highest BCUT2D eigenvalue weighted by Crippen LogP contribution is 2.11. The van der Waals surface area contributed by atoms with Gasteiger partial charge in [0.2, 0.25) is 17.8 Å². The van der Waals surface area contributed by atoms with Gasteiger partial charge >= 0.3 is 0 Å². The van der Waals surface area contributed by atoms with Gasteiger partial charge in [0.05, 0.1) is 6.54 Å². The molecule has 0 fully saturated rings. The molecule has 90 valence electrons. The normalized spacial score (nSPS) is 10.2. The predicted molar refractivity (Wildman–Crippen MR) is 68.0 cm³/mol. The number of aromatic nitrogens is 4. The molecule has 2 aromatic heterocycles. The van der Waals surface area contributed by atoms with E-state index in [4.69, 9.17) is 5.73 Å². The lowest BCUT2D eigenvalue weighted by Crippen LogP contribution is -2.16. The number of nitrogens with one attached hydrogen (secondary N) is 1. The van der Waals surface area contributed by atoms with Crippen molar-refractivity contribution in [1.82, 2.24) is 19.9 Å². The number of hydrogen-bond acceptors (Lipinski definition) is 8. The van der Waals surface area contributed by atoms with Crippen LogP contribution in [0.2, 0.25) is 0 Å². The number of nitrogens with two attached hydrogens (primary N) is 1. The van der Waals surface area contributed by atoms with E-state index < -0.39 is 0 Å². The van der Waals surface area contributed by atoms with Crippen LogP contribution in [-0.4, -0.2) is 34.0 Å². The minimum Gasteiger partial charge on any atom is -0.368 e. The average Bonchev–Trinajstić information content (AvgIpc) is 2.78. The Kier molecular flexibility index (Phi) is 3.33. The summed E-state index contributed by atoms with van der Waals surface area (Å²) in [7, 11) is 3.69. The molecular formula is C9H13N7S. The van der Waals surface area contributed by atoms with Crippen LogP contribution in [0.15, 0.2) is 11.6 Å². The largest absolute Gasteiger partial charge is 0.368 e. The first kappa shape index (κ1) is 11.5. The van der Waals surface area contributed by atoms with Crippen LogP contribution in [-0.2, 0) is 6.54 Å². The minimum absolute atomic E-state index is 0.199. The smallest absolute Gasteiger partial charge is 0.231 e. The second-order valence-electron chi connectivity index (χ2n) is 3.49. The Hall–Kier alpha value is -1.96. The van der Waals surface area contributed by atoms with Gasteiger partial charge in [-0.2, -0.15) is 15.0 Å². The molecule has 2 heterocycles. The van der Waals surface area contributed by atoms with E-state index in [0.29, 0.717) is 18.4 Å². The molecule has 2 rings (SSSR count). The summed E-state index contributed by atoms with van der Waals surface area (Å²) in [6.07, 6.45) is 1.76. The molecule has 0 amide bonds. The first-order valence-corrected chi connectivity index (χ1v) is 5.84. The van der Waals surface area contributed by atoms with Crippen molar-refractivity contribution in [2.75, 3.05) is 30.0 Å². The summed E-state index contributed by atoms with van der Waals surface area (Å²) >= 11 is 1.57. The van der Waals surface area contributed by atoms with Crippen molar-refractivity contribution in [3.8, 4) is 0 Å². The third-order valence-corrected chi connectivity index (χ3v) is 2.70. The fourth-order valence-corrected chi connectivity index (χ4v) is 1.71. The second kappa shape index (κ2) is 4.91. The Balaban J connectivity index is 2.10. The first-order chi connectivity index (χ1) is 8.15. The van der Waals surface area contributed by atoms with Gasteiger partial charge in [-0.25, -0.2) is 4.98 Å². The van der Waals surface area contributed by atoms with Crippen molar-refractivity contribution in [2.24, 2.45) is 0 Å². The van der Waals surface area contributed by atoms with Gasteiger partial charge in [-0.1, -0.05) is 0 Å². The monoisotopic (exact) mass is 251 g/mol. The fourth-order valence-electron chi connectivity index (χ4n) is 1.15. The Morgan fingerprint density at radius 3 is 2.82 bits per heavy atom. The Bertz CT molecular complexity index is 482. The van der Waals surface area contributed by atoms with Crippen LogP contribution in [0.1, 0.15) is 5.01 Å². The molecule has 0 radical (unpaired) electrons. The molecular weight excluding hydrogens is 238 g/mol. The highest BCUT2D eigenvalue weighted by molar-refractivity contribution is 7.09. The Morgan fingerprint density at radius 2 is 2.18 bits per heavy atom. The van der Waals surface area contributed by atoms with Crippen molar-refractivity contribution in [1.29, 1.82) is 0 Å². The van der Waals surface area contributed by atoms with E-state index in [1.165, 1.54) is 0 Å². The van der Waals surface area contributed by atoms with Crippen molar-refractivity contribution in [3.05, 3.63) is 16.6 Å². The van der Waals surface area contributed by atoms with Crippen LogP contribution >= 0.6 is 11.3 Å². The molecule has 0 aliphatic rings. The van der Waals surface area contributed by atoms with Gasteiger partial charge in [0, 0.05) is 25.7 Å². The standard InChI is InChI=1S/C9H13N7S/c1-16(2)9-14-7(10)13-8(15-9)12-5-6-11-3-4-17-6/h3-4H,5H2,1-2H3,(H3,10,12,13,14,15). The number of rotatable bonds is 4. The van der Waals surface area contributed by atoms with Gasteiger partial charge in [0.25, 0.3) is 0 Å². The zero-order valence-electron chi connectivity index (χ0n) is 9.58. The van der Waals surface area contributed by atoms with Crippen molar-refractivity contribution in [2.45, 2.75) is 6.54 Å². The van der Waals surface area contributed by atoms with Crippen LogP contribution in [0.3, 0.4) is 0 Å². The molecule has 0 saturated heterocycles. The number of nitrogens with zero attached hydrogens (tertiary/aromatic N) is 5. The first-order valence-electron chi connectivity index (χ1n) is 4.96. The summed E-state index contributed by atoms with van der Waals surface area (Å²) in [6, 6.07) is 0. The summed E-state index contributed by atoms with van der Waals surface area (Å²) in [5.74, 6) is 1.18. The minimum atomic E-state index is 0.199. The lowest BCUT2D eigenvalue weighted by molar-refractivity contribution is 0.947. The topological polar surface area (TPSA) is 92.9 Å². The van der Waals surface area contributed by atoms with Gasteiger partial charge in [0.1, 0.15) is 5.01 Å². The zero-order chi connectivity index (χ0) is 12.3. The van der Waals surface area contributed by atoms with E-state index in [0.717, 1.165) is 5.01 Å². The van der Waals surface area contributed by atoms with Crippen LogP contribution < -0.4 is 16.0 Å². The predicted octanol–water partition coefficient (Wildman–Crippen LogP) is 0.588. The van der Waals surface area contributed by atoms with E-state index in [9.17, 15) is 0 Å². The van der Waals surface area contributed by atoms with Gasteiger partial charge in [-0.3, -0.25) is 0 Å². The maximum atomic E-state index is 5.60. The van der Waals surface area contributed by atoms with E-state index >= 15 is 0 Å². The second-order valence-corrected chi connectivity index (χ2v) is 4.47. The molecule has 0 unspecified atom stereocenters. The molecule has 7 nitrogen and oxygen atoms in total. The lowest BCUT2D eigenvalue weighted by Gasteiger charge is -2.11. The maximum Gasteiger partial charge on any atom is 0.231 e. The number of anilines is 3. The summed E-state index contributed by atoms with van der Waals surface area (Å²) in [5.41, 5.74) is 5.60. The third-order valence-electron chi connectivity index (χ3n) is 1.92. The molecule has 0 aliphatic heterocycles. The van der Waals surface area contributed by atoms with Crippen LogP contribution in [0.4, 0.5) is 17.8 Å². The molecule has 17 heavy (non-hydrogen) atoms. The van der Waals surface area contributed by atoms with Crippen LogP contribution in [0.25, 0.3) is 0 Å². The quantitative estimate of drug-likeness (QED) is 0.821. The van der Waals surface area contributed by atoms with Gasteiger partial charge in [-0.05, 0) is 0 Å². The molecule has 0 atom stereocenters. The maximum absolute atomic E-state index is 5.60. The molecule has 3 N–H and O–H groups in total. The van der Waals surface area contributed by atoms with E-state index in [1.807, 2.05) is 19.5 Å². The van der Waals surface area contributed by atoms with Crippen LogP contribution in [0.5, 0.6) is 0 Å². The number of thiazole rings is 1. The lowest BCUT2D eigenvalue weighted by atomic mass is 10.6. The van der Waals surface area contributed by atoms with E-state index in [2.05, 4.69) is 25.3 Å². The molecule has 8 heteroatoms. The number of hydrogen-bond donors (Lipinski definition) is 2. The van der Waals surface area contributed by atoms with Crippen LogP contribution in [0, 0.1) is 0 Å². The van der Waals surface area contributed by atoms with Crippen molar-refractivity contribution >= 4 is 29.2 Å². The Labute approximate surface area is 103 Å². The Morgan fingerprint density at radius 1 is 1.35 bits per heavy atom. The summed E-state index contributed by atoms with van der Waals surface area (Å²) in [4.78, 5) is 18.2. The molecule has 0 aliphatic carbocycles. The van der Waals surface area contributed by atoms with Gasteiger partial charge in [-0.15, -0.1) is 11.3 Å². The number of nitrogen functional groups attached to an aromatic ring is 1. The van der Waals surface area contributed by atoms with Crippen molar-refractivity contribution < 1.29 is 0 Å². The molecule has 0 aromatic carbocycles. The van der Waals surface area contributed by atoms with Gasteiger partial charge in [0.15, 0.2) is 0 Å². The fraction of sp³-hybridized carbons (Fsp3) is 0.333. The van der Waals surface area contributed by atoms with Gasteiger partial charge < -0.3 is 16.0 Å². The van der Waals surface area contributed by atoms with E-state index in [-0.39, 0.29) is 5.95 Å². The van der Waals surface area contributed by atoms with E-state index in [1.54, 1.807) is 22.4 Å². The highest BCUT2D eigenvalue weighted by atomic mass is 32.1. The average molecular weight is 251 g/mol. The molecule has 0 saturated carbocycles. The summed E-state index contributed by atoms with van der Waals surface area (Å²) in [5, 5.41) is 5.95. The molecule has 2 aromatic rings. The molecule has 0 bridgehead atoms. The SMILES string of the molecule is CN(C)c1nc(N)nc(NCc2nccs2)n1. The third kappa shape index (κ3) is 3.00. The summed E-state index contributed by atoms with van der Waals surface area (Å²) in [6.45, 7) is 0.577. The molecule has 0 spiro atoms.